The number of hydrogen-bond acceptors (Lipinski definition) is 3. The number of aliphatic hydroxyl groups excluding tert-OH is 3. The molecular weight excluding hydrogens is 159 g/mol. The molecule has 5 heteroatoms. The first-order valence-corrected chi connectivity index (χ1v) is 1.71. The average molecular weight is 167 g/mol. The van der Waals surface area contributed by atoms with Crippen LogP contribution in [0.4, 0.5) is 0 Å². The van der Waals surface area contributed by atoms with Gasteiger partial charge >= 0.3 is 51.4 Å². The van der Waals surface area contributed by atoms with Crippen molar-refractivity contribution in [3.8, 4) is 0 Å². The third-order valence-corrected chi connectivity index (χ3v) is 0.421. The summed E-state index contributed by atoms with van der Waals surface area (Å²) in [5.74, 6) is 0. The van der Waals surface area contributed by atoms with Crippen LogP contribution in [0.2, 0.25) is 0 Å². The zero-order valence-corrected chi connectivity index (χ0v) is 8.59. The SMILES string of the molecule is OCC(O)CO.[Cl-].[K+]. The number of rotatable bonds is 2. The van der Waals surface area contributed by atoms with Crippen LogP contribution in [0.25, 0.3) is 0 Å². The minimum absolute atomic E-state index is 0. The largest absolute Gasteiger partial charge is 1.00 e. The van der Waals surface area contributed by atoms with E-state index in [9.17, 15) is 0 Å². The summed E-state index contributed by atoms with van der Waals surface area (Å²) in [5, 5.41) is 24.0. The van der Waals surface area contributed by atoms with E-state index < -0.39 is 6.10 Å². The van der Waals surface area contributed by atoms with Gasteiger partial charge in [0, 0.05) is 0 Å². The monoisotopic (exact) mass is 166 g/mol. The third-order valence-electron chi connectivity index (χ3n) is 0.421. The van der Waals surface area contributed by atoms with Gasteiger partial charge in [0.15, 0.2) is 0 Å². The van der Waals surface area contributed by atoms with Crippen molar-refractivity contribution in [2.75, 3.05) is 13.2 Å². The van der Waals surface area contributed by atoms with E-state index >= 15 is 0 Å². The fraction of sp³-hybridized carbons (Fsp3) is 1.00. The smallest absolute Gasteiger partial charge is 1.00 e. The van der Waals surface area contributed by atoms with Crippen molar-refractivity contribution in [3.63, 3.8) is 0 Å². The Bertz CT molecular complexity index is 33.7. The molecule has 0 amide bonds. The van der Waals surface area contributed by atoms with E-state index in [0.717, 1.165) is 0 Å². The van der Waals surface area contributed by atoms with Crippen LogP contribution in [0, 0.1) is 0 Å². The van der Waals surface area contributed by atoms with Crippen LogP contribution in [-0.2, 0) is 0 Å². The third kappa shape index (κ3) is 10.7. The van der Waals surface area contributed by atoms with E-state index in [0.29, 0.717) is 0 Å². The zero-order chi connectivity index (χ0) is 4.99. The normalized spacial score (nSPS) is 7.50. The second-order valence-electron chi connectivity index (χ2n) is 1.02. The summed E-state index contributed by atoms with van der Waals surface area (Å²) in [6, 6.07) is 0. The molecule has 0 aromatic carbocycles. The molecule has 0 radical (unpaired) electrons. The van der Waals surface area contributed by atoms with Gasteiger partial charge < -0.3 is 27.7 Å². The van der Waals surface area contributed by atoms with Crippen LogP contribution in [0.3, 0.4) is 0 Å². The van der Waals surface area contributed by atoms with Gasteiger partial charge in [-0.2, -0.15) is 0 Å². The van der Waals surface area contributed by atoms with E-state index in [-0.39, 0.29) is 77.0 Å². The summed E-state index contributed by atoms with van der Waals surface area (Å²) in [5.41, 5.74) is 0. The van der Waals surface area contributed by atoms with Crippen molar-refractivity contribution in [1.82, 2.24) is 0 Å². The minimum atomic E-state index is -0.954. The Morgan fingerprint density at radius 2 is 1.38 bits per heavy atom. The van der Waals surface area contributed by atoms with Crippen molar-refractivity contribution in [2.45, 2.75) is 6.10 Å². The second kappa shape index (κ2) is 11.6. The molecule has 46 valence electrons. The molecule has 3 nitrogen and oxygen atoms in total. The minimum Gasteiger partial charge on any atom is -1.00 e. The van der Waals surface area contributed by atoms with Gasteiger partial charge in [0.1, 0.15) is 6.10 Å². The van der Waals surface area contributed by atoms with Crippen LogP contribution >= 0.6 is 0 Å². The Hall–Kier alpha value is 1.81. The summed E-state index contributed by atoms with van der Waals surface area (Å²) in [6.07, 6.45) is -0.954. The molecule has 0 unspecified atom stereocenters. The molecule has 0 aliphatic heterocycles. The van der Waals surface area contributed by atoms with E-state index in [4.69, 9.17) is 15.3 Å². The van der Waals surface area contributed by atoms with Crippen LogP contribution in [0.1, 0.15) is 0 Å². The molecule has 0 aliphatic rings. The van der Waals surface area contributed by atoms with Crippen LogP contribution in [0.15, 0.2) is 0 Å². The summed E-state index contributed by atoms with van der Waals surface area (Å²) in [4.78, 5) is 0. The van der Waals surface area contributed by atoms with Gasteiger partial charge in [-0.3, -0.25) is 0 Å². The van der Waals surface area contributed by atoms with E-state index in [1.165, 1.54) is 0 Å². The Kier molecular flexibility index (Phi) is 23.8. The number of aliphatic hydroxyl groups is 3. The van der Waals surface area contributed by atoms with Gasteiger partial charge in [0.25, 0.3) is 0 Å². The molecule has 0 saturated heterocycles. The maximum atomic E-state index is 8.17. The standard InChI is InChI=1S/C3H8O3.ClH.K/c4-1-3(6)2-5;;/h3-6H,1-2H2;1H;/q;;+1/p-1. The molecule has 0 spiro atoms. The van der Waals surface area contributed by atoms with Crippen molar-refractivity contribution < 1.29 is 79.1 Å². The molecule has 0 heterocycles. The van der Waals surface area contributed by atoms with E-state index in [1.54, 1.807) is 0 Å². The Labute approximate surface area is 96.9 Å². The topological polar surface area (TPSA) is 60.7 Å². The zero-order valence-electron chi connectivity index (χ0n) is 4.71. The van der Waals surface area contributed by atoms with Crippen LogP contribution in [-0.4, -0.2) is 34.6 Å². The molecule has 0 saturated carbocycles. The van der Waals surface area contributed by atoms with E-state index in [2.05, 4.69) is 0 Å². The first kappa shape index (κ1) is 16.4. The van der Waals surface area contributed by atoms with E-state index in [1.807, 2.05) is 0 Å². The number of hydrogen-bond donors (Lipinski definition) is 3. The van der Waals surface area contributed by atoms with Crippen molar-refractivity contribution in [2.24, 2.45) is 0 Å². The average Bonchev–Trinajstić information content (AvgIpc) is 1.65. The molecule has 0 bridgehead atoms. The first-order chi connectivity index (χ1) is 2.81. The van der Waals surface area contributed by atoms with Gasteiger partial charge in [-0.25, -0.2) is 0 Å². The number of halogens is 1. The van der Waals surface area contributed by atoms with Gasteiger partial charge in [-0.1, -0.05) is 0 Å². The van der Waals surface area contributed by atoms with Crippen LogP contribution in [0.5, 0.6) is 0 Å². The fourth-order valence-electron chi connectivity index (χ4n) is 0.0577. The van der Waals surface area contributed by atoms with Gasteiger partial charge in [0.2, 0.25) is 0 Å². The van der Waals surface area contributed by atoms with Gasteiger partial charge in [-0.05, 0) is 0 Å². The molecule has 0 rings (SSSR count). The maximum Gasteiger partial charge on any atom is 1.00 e. The molecule has 0 atom stereocenters. The fourth-order valence-corrected chi connectivity index (χ4v) is 0.0577. The molecular formula is C3H8ClKO3. The summed E-state index contributed by atoms with van der Waals surface area (Å²) in [6.45, 7) is -0.729. The Balaban J connectivity index is -0.000000125. The quantitative estimate of drug-likeness (QED) is 0.358. The molecule has 3 N–H and O–H groups in total. The predicted octanol–water partition coefficient (Wildman–Crippen LogP) is -7.66. The van der Waals surface area contributed by atoms with Crippen molar-refractivity contribution >= 4 is 0 Å². The molecule has 0 aromatic heterocycles. The van der Waals surface area contributed by atoms with Crippen LogP contribution < -0.4 is 63.8 Å². The summed E-state index contributed by atoms with van der Waals surface area (Å²) in [7, 11) is 0. The van der Waals surface area contributed by atoms with Crippen molar-refractivity contribution in [1.29, 1.82) is 0 Å². The second-order valence-corrected chi connectivity index (χ2v) is 1.02. The van der Waals surface area contributed by atoms with Gasteiger partial charge in [0.05, 0.1) is 13.2 Å². The molecule has 0 aliphatic carbocycles. The molecule has 8 heavy (non-hydrogen) atoms. The first-order valence-electron chi connectivity index (χ1n) is 1.71. The molecule has 0 fully saturated rings. The summed E-state index contributed by atoms with van der Waals surface area (Å²) >= 11 is 0. The Morgan fingerprint density at radius 3 is 1.38 bits per heavy atom. The Morgan fingerprint density at radius 1 is 1.12 bits per heavy atom. The maximum absolute atomic E-state index is 8.17. The summed E-state index contributed by atoms with van der Waals surface area (Å²) < 4.78 is 0. The molecule has 0 aromatic rings. The van der Waals surface area contributed by atoms with Crippen molar-refractivity contribution in [3.05, 3.63) is 0 Å². The predicted molar refractivity (Wildman–Crippen MR) is 20.2 cm³/mol. The van der Waals surface area contributed by atoms with Gasteiger partial charge in [-0.15, -0.1) is 0 Å².